The normalized spacial score (nSPS) is 13.8. The number of hydrogen-bond acceptors (Lipinski definition) is 6. The summed E-state index contributed by atoms with van der Waals surface area (Å²) in [7, 11) is 3.04. The predicted molar refractivity (Wildman–Crippen MR) is 93.4 cm³/mol. The fourth-order valence-corrected chi connectivity index (χ4v) is 2.83. The molecule has 26 heavy (non-hydrogen) atoms. The van der Waals surface area contributed by atoms with E-state index in [4.69, 9.17) is 14.0 Å². The van der Waals surface area contributed by atoms with Gasteiger partial charge < -0.3 is 18.9 Å². The van der Waals surface area contributed by atoms with Crippen LogP contribution in [0.2, 0.25) is 0 Å². The summed E-state index contributed by atoms with van der Waals surface area (Å²) < 4.78 is 15.6. The molecule has 8 nitrogen and oxygen atoms in total. The molecule has 0 unspecified atom stereocenters. The van der Waals surface area contributed by atoms with Crippen LogP contribution in [0.3, 0.4) is 0 Å². The van der Waals surface area contributed by atoms with E-state index in [1.807, 2.05) is 0 Å². The fourth-order valence-electron chi connectivity index (χ4n) is 2.83. The van der Waals surface area contributed by atoms with E-state index in [0.29, 0.717) is 41.6 Å². The first-order valence-electron chi connectivity index (χ1n) is 8.28. The lowest BCUT2D eigenvalue weighted by Crippen LogP contribution is -2.42. The number of likely N-dealkylation sites (tertiary alicyclic amines) is 1. The third-order valence-electron chi connectivity index (χ3n) is 4.22. The van der Waals surface area contributed by atoms with Crippen LogP contribution < -0.4 is 14.4 Å². The number of rotatable bonds is 6. The molecule has 2 aromatic rings. The van der Waals surface area contributed by atoms with Gasteiger partial charge in [-0.2, -0.15) is 0 Å². The molecule has 0 aliphatic carbocycles. The minimum Gasteiger partial charge on any atom is -0.497 e. The lowest BCUT2D eigenvalue weighted by atomic mass is 10.1. The second-order valence-electron chi connectivity index (χ2n) is 6.03. The van der Waals surface area contributed by atoms with Crippen molar-refractivity contribution in [2.45, 2.75) is 19.8 Å². The minimum atomic E-state index is -0.324. The minimum absolute atomic E-state index is 0.0197. The summed E-state index contributed by atoms with van der Waals surface area (Å²) in [6, 6.07) is 6.59. The average molecular weight is 359 g/mol. The van der Waals surface area contributed by atoms with Crippen molar-refractivity contribution in [1.82, 2.24) is 10.1 Å². The highest BCUT2D eigenvalue weighted by Crippen LogP contribution is 2.26. The van der Waals surface area contributed by atoms with Gasteiger partial charge in [0, 0.05) is 30.7 Å². The fraction of sp³-hybridized carbons (Fsp3) is 0.389. The maximum atomic E-state index is 13.2. The van der Waals surface area contributed by atoms with Crippen molar-refractivity contribution in [1.29, 1.82) is 0 Å². The summed E-state index contributed by atoms with van der Waals surface area (Å²) in [5.41, 5.74) is 0.369. The molecule has 8 heteroatoms. The van der Waals surface area contributed by atoms with Crippen molar-refractivity contribution in [2.24, 2.45) is 0 Å². The summed E-state index contributed by atoms with van der Waals surface area (Å²) >= 11 is 0. The van der Waals surface area contributed by atoms with Gasteiger partial charge in [-0.25, -0.2) is 0 Å². The van der Waals surface area contributed by atoms with E-state index in [-0.39, 0.29) is 18.5 Å². The Morgan fingerprint density at radius 1 is 1.23 bits per heavy atom. The molecule has 0 N–H and O–H groups in total. The largest absolute Gasteiger partial charge is 0.497 e. The molecule has 0 radical (unpaired) electrons. The number of aromatic nitrogens is 1. The highest BCUT2D eigenvalue weighted by atomic mass is 16.5. The molecule has 1 aliphatic rings. The number of carbonyl (C=O) groups is 2. The molecule has 1 aliphatic heterocycles. The summed E-state index contributed by atoms with van der Waals surface area (Å²) in [6.45, 7) is 2.47. The number of amides is 2. The number of carbonyl (C=O) groups excluding carboxylic acids is 2. The van der Waals surface area contributed by atoms with Gasteiger partial charge in [0.15, 0.2) is 5.82 Å². The molecule has 2 amide bonds. The number of hydrogen-bond donors (Lipinski definition) is 0. The standard InChI is InChI=1S/C18H21N3O5/c1-12-7-16(19-26-12)21(11-20-6-4-5-17(20)22)18(23)13-8-14(24-2)10-15(9-13)25-3/h7-10H,4-6,11H2,1-3H3. The Labute approximate surface area is 151 Å². The molecule has 0 spiro atoms. The Kier molecular flexibility index (Phi) is 5.11. The van der Waals surface area contributed by atoms with E-state index in [2.05, 4.69) is 5.16 Å². The van der Waals surface area contributed by atoms with Crippen LogP contribution >= 0.6 is 0 Å². The molecule has 1 aromatic carbocycles. The Balaban J connectivity index is 1.95. The molecular formula is C18H21N3O5. The van der Waals surface area contributed by atoms with Crippen molar-refractivity contribution >= 4 is 17.6 Å². The zero-order valence-corrected chi connectivity index (χ0v) is 15.0. The Hall–Kier alpha value is -3.03. The second-order valence-corrected chi connectivity index (χ2v) is 6.03. The summed E-state index contributed by atoms with van der Waals surface area (Å²) in [5, 5.41) is 3.94. The van der Waals surface area contributed by atoms with Crippen LogP contribution in [0.1, 0.15) is 29.0 Å². The maximum Gasteiger partial charge on any atom is 0.261 e. The molecular weight excluding hydrogens is 338 g/mol. The summed E-state index contributed by atoms with van der Waals surface area (Å²) in [6.07, 6.45) is 1.28. The molecule has 0 atom stereocenters. The Morgan fingerprint density at radius 2 is 1.92 bits per heavy atom. The predicted octanol–water partition coefficient (Wildman–Crippen LogP) is 2.23. The van der Waals surface area contributed by atoms with Crippen LogP contribution in [0, 0.1) is 6.92 Å². The van der Waals surface area contributed by atoms with E-state index < -0.39 is 0 Å². The third kappa shape index (κ3) is 3.63. The van der Waals surface area contributed by atoms with Crippen LogP contribution in [0.5, 0.6) is 11.5 Å². The number of benzene rings is 1. The quantitative estimate of drug-likeness (QED) is 0.786. The van der Waals surface area contributed by atoms with Gasteiger partial charge in [0.05, 0.1) is 14.2 Å². The molecule has 1 aromatic heterocycles. The number of anilines is 1. The van der Waals surface area contributed by atoms with Gasteiger partial charge >= 0.3 is 0 Å². The summed E-state index contributed by atoms with van der Waals surface area (Å²) in [4.78, 5) is 28.3. The van der Waals surface area contributed by atoms with Crippen molar-refractivity contribution < 1.29 is 23.6 Å². The van der Waals surface area contributed by atoms with Gasteiger partial charge in [0.25, 0.3) is 5.91 Å². The summed E-state index contributed by atoms with van der Waals surface area (Å²) in [5.74, 6) is 1.63. The zero-order chi connectivity index (χ0) is 18.7. The van der Waals surface area contributed by atoms with Gasteiger partial charge in [-0.05, 0) is 25.5 Å². The van der Waals surface area contributed by atoms with Crippen LogP contribution in [0.15, 0.2) is 28.8 Å². The van der Waals surface area contributed by atoms with Crippen LogP contribution in [-0.4, -0.2) is 49.3 Å². The Morgan fingerprint density at radius 3 is 2.42 bits per heavy atom. The van der Waals surface area contributed by atoms with Gasteiger partial charge in [-0.15, -0.1) is 0 Å². The number of aryl methyl sites for hydroxylation is 1. The number of ether oxygens (including phenoxy) is 2. The molecule has 1 saturated heterocycles. The van der Waals surface area contributed by atoms with Crippen molar-refractivity contribution in [3.05, 3.63) is 35.6 Å². The first-order valence-corrected chi connectivity index (χ1v) is 8.28. The van der Waals surface area contributed by atoms with E-state index in [0.717, 1.165) is 6.42 Å². The van der Waals surface area contributed by atoms with Gasteiger partial charge in [-0.1, -0.05) is 5.16 Å². The molecule has 0 bridgehead atoms. The van der Waals surface area contributed by atoms with Crippen molar-refractivity contribution in [2.75, 3.05) is 32.3 Å². The lowest BCUT2D eigenvalue weighted by molar-refractivity contribution is -0.127. The highest BCUT2D eigenvalue weighted by molar-refractivity contribution is 6.06. The van der Waals surface area contributed by atoms with Gasteiger partial charge in [0.1, 0.15) is 23.9 Å². The van der Waals surface area contributed by atoms with Crippen LogP contribution in [-0.2, 0) is 4.79 Å². The smallest absolute Gasteiger partial charge is 0.261 e. The molecule has 2 heterocycles. The molecule has 138 valence electrons. The highest BCUT2D eigenvalue weighted by Gasteiger charge is 2.28. The van der Waals surface area contributed by atoms with E-state index in [1.54, 1.807) is 36.1 Å². The third-order valence-corrected chi connectivity index (χ3v) is 4.22. The monoisotopic (exact) mass is 359 g/mol. The molecule has 3 rings (SSSR count). The Bertz CT molecular complexity index is 795. The van der Waals surface area contributed by atoms with Crippen molar-refractivity contribution in [3.63, 3.8) is 0 Å². The molecule has 0 saturated carbocycles. The average Bonchev–Trinajstić information content (AvgIpc) is 3.26. The van der Waals surface area contributed by atoms with Crippen LogP contribution in [0.25, 0.3) is 0 Å². The first kappa shape index (κ1) is 17.8. The first-order chi connectivity index (χ1) is 12.5. The van der Waals surface area contributed by atoms with Crippen LogP contribution in [0.4, 0.5) is 5.82 Å². The molecule has 1 fully saturated rings. The SMILES string of the molecule is COc1cc(OC)cc(C(=O)N(CN2CCCC2=O)c2cc(C)on2)c1. The topological polar surface area (TPSA) is 85.1 Å². The van der Waals surface area contributed by atoms with E-state index in [9.17, 15) is 9.59 Å². The maximum absolute atomic E-state index is 13.2. The van der Waals surface area contributed by atoms with E-state index >= 15 is 0 Å². The van der Waals surface area contributed by atoms with E-state index in [1.165, 1.54) is 19.1 Å². The van der Waals surface area contributed by atoms with Crippen molar-refractivity contribution in [3.8, 4) is 11.5 Å². The zero-order valence-electron chi connectivity index (χ0n) is 15.0. The number of methoxy groups -OCH3 is 2. The second kappa shape index (κ2) is 7.47. The number of nitrogens with zero attached hydrogens (tertiary/aromatic N) is 3. The lowest BCUT2D eigenvalue weighted by Gasteiger charge is -2.26. The van der Waals surface area contributed by atoms with Gasteiger partial charge in [0.2, 0.25) is 5.91 Å². The van der Waals surface area contributed by atoms with Gasteiger partial charge in [-0.3, -0.25) is 14.5 Å².